The lowest BCUT2D eigenvalue weighted by Crippen LogP contribution is -2.12. The van der Waals surface area contributed by atoms with E-state index < -0.39 is 0 Å². The Labute approximate surface area is 150 Å². The Balaban J connectivity index is 1.61. The summed E-state index contributed by atoms with van der Waals surface area (Å²) in [5.74, 6) is 0.217. The van der Waals surface area contributed by atoms with Gasteiger partial charge in [0.05, 0.1) is 23.9 Å². The van der Waals surface area contributed by atoms with Crippen LogP contribution in [0.1, 0.15) is 10.4 Å². The summed E-state index contributed by atoms with van der Waals surface area (Å²) in [6, 6.07) is 18.9. The van der Waals surface area contributed by atoms with Gasteiger partial charge in [0.15, 0.2) is 0 Å². The monoisotopic (exact) mass is 344 g/mol. The van der Waals surface area contributed by atoms with Gasteiger partial charge in [0.25, 0.3) is 5.91 Å². The molecule has 0 aliphatic heterocycles. The van der Waals surface area contributed by atoms with Gasteiger partial charge in [-0.3, -0.25) is 4.79 Å². The van der Waals surface area contributed by atoms with Crippen LogP contribution < -0.4 is 10.1 Å². The zero-order valence-corrected chi connectivity index (χ0v) is 14.1. The maximum absolute atomic E-state index is 12.5. The number of benzene rings is 1. The highest BCUT2D eigenvalue weighted by Crippen LogP contribution is 2.20. The van der Waals surface area contributed by atoms with E-state index in [1.54, 1.807) is 35.1 Å². The third-order valence-electron chi connectivity index (χ3n) is 3.99. The number of amides is 1. The second-order valence-corrected chi connectivity index (χ2v) is 5.72. The first-order chi connectivity index (χ1) is 12.7. The van der Waals surface area contributed by atoms with Crippen LogP contribution >= 0.6 is 0 Å². The smallest absolute Gasteiger partial charge is 0.257 e. The second-order valence-electron chi connectivity index (χ2n) is 5.72. The highest BCUT2D eigenvalue weighted by atomic mass is 16.5. The molecular weight excluding hydrogens is 328 g/mol. The average molecular weight is 344 g/mol. The van der Waals surface area contributed by atoms with Gasteiger partial charge >= 0.3 is 0 Å². The Morgan fingerprint density at radius 1 is 1.08 bits per heavy atom. The van der Waals surface area contributed by atoms with Crippen LogP contribution in [0.3, 0.4) is 0 Å². The molecule has 6 heteroatoms. The lowest BCUT2D eigenvalue weighted by Gasteiger charge is -2.06. The van der Waals surface area contributed by atoms with E-state index in [0.717, 1.165) is 16.8 Å². The van der Waals surface area contributed by atoms with Gasteiger partial charge in [0.2, 0.25) is 5.88 Å². The maximum Gasteiger partial charge on any atom is 0.257 e. The van der Waals surface area contributed by atoms with Crippen molar-refractivity contribution in [3.8, 4) is 17.1 Å². The van der Waals surface area contributed by atoms with E-state index in [2.05, 4.69) is 15.4 Å². The zero-order chi connectivity index (χ0) is 17.9. The Morgan fingerprint density at radius 3 is 2.73 bits per heavy atom. The fraction of sp³-hybridized carbons (Fsp3) is 0.0500. The van der Waals surface area contributed by atoms with Gasteiger partial charge in [0, 0.05) is 29.7 Å². The van der Waals surface area contributed by atoms with Crippen molar-refractivity contribution in [1.29, 1.82) is 0 Å². The van der Waals surface area contributed by atoms with Crippen LogP contribution in [0.15, 0.2) is 73.1 Å². The molecule has 4 aromatic rings. The third-order valence-corrected chi connectivity index (χ3v) is 3.99. The van der Waals surface area contributed by atoms with Gasteiger partial charge < -0.3 is 10.1 Å². The van der Waals surface area contributed by atoms with Crippen LogP contribution in [0.4, 0.5) is 5.69 Å². The van der Waals surface area contributed by atoms with E-state index in [1.807, 2.05) is 42.5 Å². The molecular formula is C20H16N4O2. The predicted octanol–water partition coefficient (Wildman–Crippen LogP) is 3.66. The molecule has 4 rings (SSSR count). The quantitative estimate of drug-likeness (QED) is 0.613. The number of ether oxygens (including phenoxy) is 1. The van der Waals surface area contributed by atoms with Gasteiger partial charge in [-0.15, -0.1) is 0 Å². The lowest BCUT2D eigenvalue weighted by molar-refractivity contribution is 0.102. The molecule has 0 aliphatic carbocycles. The van der Waals surface area contributed by atoms with Gasteiger partial charge in [-0.2, -0.15) is 5.10 Å². The molecule has 0 spiro atoms. The van der Waals surface area contributed by atoms with Gasteiger partial charge in [-0.05, 0) is 24.3 Å². The molecule has 0 atom stereocenters. The van der Waals surface area contributed by atoms with Crippen LogP contribution in [0.5, 0.6) is 5.88 Å². The summed E-state index contributed by atoms with van der Waals surface area (Å²) >= 11 is 0. The van der Waals surface area contributed by atoms with Gasteiger partial charge in [-0.1, -0.05) is 30.3 Å². The highest BCUT2D eigenvalue weighted by Gasteiger charge is 2.10. The van der Waals surface area contributed by atoms with Gasteiger partial charge in [0.1, 0.15) is 0 Å². The van der Waals surface area contributed by atoms with Crippen LogP contribution in [0.2, 0.25) is 0 Å². The SMILES string of the molecule is COc1cc(NC(=O)c2ccc3cc(-c4ccccc4)nn3c2)ccn1. The minimum atomic E-state index is -0.225. The van der Waals surface area contributed by atoms with Crippen molar-refractivity contribution in [3.05, 3.63) is 78.6 Å². The third kappa shape index (κ3) is 3.12. The zero-order valence-electron chi connectivity index (χ0n) is 14.1. The summed E-state index contributed by atoms with van der Waals surface area (Å²) in [5.41, 5.74) is 3.95. The first kappa shape index (κ1) is 15.8. The largest absolute Gasteiger partial charge is 0.481 e. The number of carbonyl (C=O) groups excluding carboxylic acids is 1. The molecule has 3 aromatic heterocycles. The number of nitrogens with one attached hydrogen (secondary N) is 1. The molecule has 6 nitrogen and oxygen atoms in total. The minimum absolute atomic E-state index is 0.225. The van der Waals surface area contributed by atoms with Crippen molar-refractivity contribution in [1.82, 2.24) is 14.6 Å². The van der Waals surface area contributed by atoms with E-state index in [1.165, 1.54) is 7.11 Å². The van der Waals surface area contributed by atoms with Crippen LogP contribution in [0, 0.1) is 0 Å². The molecule has 0 radical (unpaired) electrons. The van der Waals surface area contributed by atoms with Crippen molar-refractivity contribution in [3.63, 3.8) is 0 Å². The van der Waals surface area contributed by atoms with Crippen molar-refractivity contribution in [2.75, 3.05) is 12.4 Å². The van der Waals surface area contributed by atoms with Crippen LogP contribution in [-0.4, -0.2) is 27.6 Å². The number of hydrogen-bond acceptors (Lipinski definition) is 4. The maximum atomic E-state index is 12.5. The van der Waals surface area contributed by atoms with E-state index in [9.17, 15) is 4.79 Å². The van der Waals surface area contributed by atoms with E-state index in [4.69, 9.17) is 4.74 Å². The van der Waals surface area contributed by atoms with Crippen molar-refractivity contribution < 1.29 is 9.53 Å². The van der Waals surface area contributed by atoms with E-state index >= 15 is 0 Å². The Morgan fingerprint density at radius 2 is 1.92 bits per heavy atom. The van der Waals surface area contributed by atoms with Crippen LogP contribution in [0.25, 0.3) is 16.8 Å². The van der Waals surface area contributed by atoms with Crippen molar-refractivity contribution in [2.45, 2.75) is 0 Å². The fourth-order valence-electron chi connectivity index (χ4n) is 2.67. The van der Waals surface area contributed by atoms with Crippen molar-refractivity contribution >= 4 is 17.1 Å². The summed E-state index contributed by atoms with van der Waals surface area (Å²) in [7, 11) is 1.53. The number of anilines is 1. The molecule has 0 fully saturated rings. The van der Waals surface area contributed by atoms with Gasteiger partial charge in [-0.25, -0.2) is 9.50 Å². The molecule has 0 aliphatic rings. The Hall–Kier alpha value is -3.67. The molecule has 1 N–H and O–H groups in total. The lowest BCUT2D eigenvalue weighted by atomic mass is 10.1. The first-order valence-corrected chi connectivity index (χ1v) is 8.09. The topological polar surface area (TPSA) is 68.5 Å². The molecule has 26 heavy (non-hydrogen) atoms. The number of fused-ring (bicyclic) bond motifs is 1. The molecule has 0 saturated carbocycles. The van der Waals surface area contributed by atoms with E-state index in [0.29, 0.717) is 17.1 Å². The first-order valence-electron chi connectivity index (χ1n) is 8.09. The number of rotatable bonds is 4. The van der Waals surface area contributed by atoms with Crippen molar-refractivity contribution in [2.24, 2.45) is 0 Å². The Bertz CT molecular complexity index is 1070. The average Bonchev–Trinajstić information content (AvgIpc) is 3.12. The summed E-state index contributed by atoms with van der Waals surface area (Å²) in [6.07, 6.45) is 3.30. The Kier molecular flexibility index (Phi) is 4.07. The molecule has 3 heterocycles. The number of methoxy groups -OCH3 is 1. The molecule has 0 unspecified atom stereocenters. The summed E-state index contributed by atoms with van der Waals surface area (Å²) in [4.78, 5) is 16.5. The second kappa shape index (κ2) is 6.68. The number of hydrogen-bond donors (Lipinski definition) is 1. The number of carbonyl (C=O) groups is 1. The van der Waals surface area contributed by atoms with Crippen LogP contribution in [-0.2, 0) is 0 Å². The fourth-order valence-corrected chi connectivity index (χ4v) is 2.67. The molecule has 0 saturated heterocycles. The summed E-state index contributed by atoms with van der Waals surface area (Å²) < 4.78 is 6.78. The predicted molar refractivity (Wildman–Crippen MR) is 99.4 cm³/mol. The molecule has 1 aromatic carbocycles. The number of nitrogens with zero attached hydrogens (tertiary/aromatic N) is 3. The standard InChI is InChI=1S/C20H16N4O2/c1-26-19-11-16(9-10-21-19)22-20(25)15-7-8-17-12-18(23-24(17)13-15)14-5-3-2-4-6-14/h2-13H,1H3,(H,21,22,25). The van der Waals surface area contributed by atoms with E-state index in [-0.39, 0.29) is 5.91 Å². The molecule has 128 valence electrons. The summed E-state index contributed by atoms with van der Waals surface area (Å²) in [6.45, 7) is 0. The molecule has 0 bridgehead atoms. The normalized spacial score (nSPS) is 10.7. The molecule has 1 amide bonds. The highest BCUT2D eigenvalue weighted by molar-refractivity contribution is 6.04. The number of pyridine rings is 2. The summed E-state index contributed by atoms with van der Waals surface area (Å²) in [5, 5.41) is 7.40. The minimum Gasteiger partial charge on any atom is -0.481 e. The number of aromatic nitrogens is 3.